The van der Waals surface area contributed by atoms with Crippen molar-refractivity contribution >= 4 is 15.9 Å². The molecule has 6 nitrogen and oxygen atoms in total. The summed E-state index contributed by atoms with van der Waals surface area (Å²) in [5.74, 6) is 2.32. The summed E-state index contributed by atoms with van der Waals surface area (Å²) in [6.07, 6.45) is 2.55. The Morgan fingerprint density at radius 2 is 2.29 bits per heavy atom. The highest BCUT2D eigenvalue weighted by atomic mass is 79.9. The first-order valence-electron chi connectivity index (χ1n) is 7.18. The lowest BCUT2D eigenvalue weighted by molar-refractivity contribution is 0.221. The average Bonchev–Trinajstić information content (AvgIpc) is 3.09. The average molecular weight is 355 g/mol. The Bertz CT molecular complexity index is 577. The first-order chi connectivity index (χ1) is 10.2. The summed E-state index contributed by atoms with van der Waals surface area (Å²) in [6, 6.07) is 3.61. The van der Waals surface area contributed by atoms with Crippen molar-refractivity contribution in [2.75, 3.05) is 26.7 Å². The standard InChI is InChI=1S/C14H19BrN4O2/c1-19(8-10-3-2-6-16-7-10)9-13-17-18-14(21-13)11-4-5-12(15)20-11/h4-5,10,16H,2-3,6-9H2,1H3. The van der Waals surface area contributed by atoms with Gasteiger partial charge in [0.25, 0.3) is 5.89 Å². The Labute approximate surface area is 132 Å². The van der Waals surface area contributed by atoms with Gasteiger partial charge in [-0.2, -0.15) is 0 Å². The first kappa shape index (κ1) is 14.7. The Hall–Kier alpha value is -1.18. The van der Waals surface area contributed by atoms with E-state index in [0.717, 1.165) is 19.6 Å². The maximum Gasteiger partial charge on any atom is 0.283 e. The number of hydrogen-bond donors (Lipinski definition) is 1. The molecule has 0 radical (unpaired) electrons. The molecule has 1 saturated heterocycles. The predicted octanol–water partition coefficient (Wildman–Crippen LogP) is 2.52. The minimum atomic E-state index is 0.420. The van der Waals surface area contributed by atoms with Crippen LogP contribution in [0.5, 0.6) is 0 Å². The van der Waals surface area contributed by atoms with Crippen molar-refractivity contribution in [1.82, 2.24) is 20.4 Å². The van der Waals surface area contributed by atoms with Gasteiger partial charge in [-0.25, -0.2) is 0 Å². The highest BCUT2D eigenvalue weighted by Crippen LogP contribution is 2.24. The van der Waals surface area contributed by atoms with Crippen molar-refractivity contribution in [3.05, 3.63) is 22.7 Å². The van der Waals surface area contributed by atoms with Gasteiger partial charge in [0.15, 0.2) is 10.4 Å². The smallest absolute Gasteiger partial charge is 0.283 e. The summed E-state index contributed by atoms with van der Waals surface area (Å²) < 4.78 is 11.7. The molecule has 0 spiro atoms. The lowest BCUT2D eigenvalue weighted by Gasteiger charge is -2.26. The third kappa shape index (κ3) is 3.93. The van der Waals surface area contributed by atoms with Gasteiger partial charge in [-0.1, -0.05) is 0 Å². The van der Waals surface area contributed by atoms with E-state index in [1.165, 1.54) is 12.8 Å². The van der Waals surface area contributed by atoms with Crippen molar-refractivity contribution in [3.8, 4) is 11.7 Å². The van der Waals surface area contributed by atoms with Gasteiger partial charge in [-0.05, 0) is 67.0 Å². The van der Waals surface area contributed by atoms with Crippen molar-refractivity contribution in [2.45, 2.75) is 19.4 Å². The summed E-state index contributed by atoms with van der Waals surface area (Å²) in [6.45, 7) is 3.94. The van der Waals surface area contributed by atoms with Crippen LogP contribution in [0.15, 0.2) is 25.6 Å². The Morgan fingerprint density at radius 1 is 1.38 bits per heavy atom. The SMILES string of the molecule is CN(Cc1nnc(-c2ccc(Br)o2)o1)CC1CCCNC1. The number of piperidine rings is 1. The minimum Gasteiger partial charge on any atom is -0.444 e. The van der Waals surface area contributed by atoms with Crippen LogP contribution in [-0.2, 0) is 6.54 Å². The van der Waals surface area contributed by atoms with Gasteiger partial charge < -0.3 is 14.2 Å². The second-order valence-corrected chi connectivity index (χ2v) is 6.30. The maximum atomic E-state index is 5.65. The van der Waals surface area contributed by atoms with Gasteiger partial charge in [0, 0.05) is 6.54 Å². The van der Waals surface area contributed by atoms with Crippen LogP contribution in [0.25, 0.3) is 11.7 Å². The fourth-order valence-electron chi connectivity index (χ4n) is 2.66. The topological polar surface area (TPSA) is 67.3 Å². The Morgan fingerprint density at radius 3 is 3.00 bits per heavy atom. The van der Waals surface area contributed by atoms with E-state index in [2.05, 4.69) is 43.4 Å². The van der Waals surface area contributed by atoms with E-state index in [9.17, 15) is 0 Å². The van der Waals surface area contributed by atoms with E-state index in [0.29, 0.717) is 34.7 Å². The normalized spacial score (nSPS) is 19.3. The molecule has 1 unspecified atom stereocenters. The number of rotatable bonds is 5. The van der Waals surface area contributed by atoms with Crippen molar-refractivity contribution in [2.24, 2.45) is 5.92 Å². The van der Waals surface area contributed by atoms with Crippen LogP contribution in [0.3, 0.4) is 0 Å². The highest BCUT2D eigenvalue weighted by Gasteiger charge is 2.17. The highest BCUT2D eigenvalue weighted by molar-refractivity contribution is 9.10. The molecule has 7 heteroatoms. The third-order valence-corrected chi connectivity index (χ3v) is 4.05. The maximum absolute atomic E-state index is 5.65. The number of nitrogens with zero attached hydrogens (tertiary/aromatic N) is 3. The molecule has 0 bridgehead atoms. The van der Waals surface area contributed by atoms with Crippen molar-refractivity contribution in [3.63, 3.8) is 0 Å². The van der Waals surface area contributed by atoms with E-state index >= 15 is 0 Å². The van der Waals surface area contributed by atoms with Gasteiger partial charge >= 0.3 is 0 Å². The van der Waals surface area contributed by atoms with Crippen molar-refractivity contribution in [1.29, 1.82) is 0 Å². The van der Waals surface area contributed by atoms with Crippen LogP contribution < -0.4 is 5.32 Å². The van der Waals surface area contributed by atoms with Crippen LogP contribution in [0.4, 0.5) is 0 Å². The number of halogens is 1. The summed E-state index contributed by atoms with van der Waals surface area (Å²) in [5.41, 5.74) is 0. The number of furan rings is 1. The molecule has 2 aromatic heterocycles. The van der Waals surface area contributed by atoms with Gasteiger partial charge in [-0.3, -0.25) is 4.90 Å². The largest absolute Gasteiger partial charge is 0.444 e. The van der Waals surface area contributed by atoms with E-state index in [-0.39, 0.29) is 0 Å². The number of hydrogen-bond acceptors (Lipinski definition) is 6. The third-order valence-electron chi connectivity index (χ3n) is 3.62. The molecule has 3 heterocycles. The van der Waals surface area contributed by atoms with Gasteiger partial charge in [-0.15, -0.1) is 10.2 Å². The molecule has 0 saturated carbocycles. The zero-order chi connectivity index (χ0) is 14.7. The lowest BCUT2D eigenvalue weighted by atomic mass is 9.99. The molecule has 0 amide bonds. The molecular formula is C14H19BrN4O2. The molecule has 1 N–H and O–H groups in total. The molecule has 1 fully saturated rings. The number of nitrogens with one attached hydrogen (secondary N) is 1. The van der Waals surface area contributed by atoms with Gasteiger partial charge in [0.2, 0.25) is 5.89 Å². The summed E-state index contributed by atoms with van der Waals surface area (Å²) in [5, 5.41) is 11.6. The quantitative estimate of drug-likeness (QED) is 0.889. The van der Waals surface area contributed by atoms with Crippen LogP contribution >= 0.6 is 15.9 Å². The Balaban J connectivity index is 1.56. The van der Waals surface area contributed by atoms with Crippen LogP contribution in [0.2, 0.25) is 0 Å². The molecule has 1 aliphatic rings. The molecule has 2 aromatic rings. The van der Waals surface area contributed by atoms with E-state index in [4.69, 9.17) is 8.83 Å². The zero-order valence-corrected chi connectivity index (χ0v) is 13.6. The minimum absolute atomic E-state index is 0.420. The molecule has 1 aliphatic heterocycles. The van der Waals surface area contributed by atoms with Crippen LogP contribution in [0.1, 0.15) is 18.7 Å². The lowest BCUT2D eigenvalue weighted by Crippen LogP contribution is -2.36. The molecule has 3 rings (SSSR count). The van der Waals surface area contributed by atoms with Crippen LogP contribution in [-0.4, -0.2) is 41.8 Å². The molecular weight excluding hydrogens is 336 g/mol. The summed E-state index contributed by atoms with van der Waals surface area (Å²) in [4.78, 5) is 2.23. The fraction of sp³-hybridized carbons (Fsp3) is 0.571. The second kappa shape index (κ2) is 6.72. The molecule has 0 aromatic carbocycles. The van der Waals surface area contributed by atoms with Crippen molar-refractivity contribution < 1.29 is 8.83 Å². The molecule has 114 valence electrons. The molecule has 0 aliphatic carbocycles. The number of aromatic nitrogens is 2. The van der Waals surface area contributed by atoms with E-state index < -0.39 is 0 Å². The molecule has 21 heavy (non-hydrogen) atoms. The zero-order valence-electron chi connectivity index (χ0n) is 12.0. The van der Waals surface area contributed by atoms with Gasteiger partial charge in [0.05, 0.1) is 6.54 Å². The summed E-state index contributed by atoms with van der Waals surface area (Å²) in [7, 11) is 2.09. The first-order valence-corrected chi connectivity index (χ1v) is 7.97. The summed E-state index contributed by atoms with van der Waals surface area (Å²) >= 11 is 3.26. The predicted molar refractivity (Wildman–Crippen MR) is 81.6 cm³/mol. The Kier molecular flexibility index (Phi) is 4.72. The van der Waals surface area contributed by atoms with Gasteiger partial charge in [0.1, 0.15) is 0 Å². The monoisotopic (exact) mass is 354 g/mol. The van der Waals surface area contributed by atoms with Crippen LogP contribution in [0, 0.1) is 5.92 Å². The second-order valence-electron chi connectivity index (χ2n) is 5.51. The van der Waals surface area contributed by atoms with E-state index in [1.54, 1.807) is 12.1 Å². The fourth-order valence-corrected chi connectivity index (χ4v) is 2.97. The van der Waals surface area contributed by atoms with E-state index in [1.807, 2.05) is 0 Å². The molecule has 1 atom stereocenters.